The molecule has 2 heterocycles. The Morgan fingerprint density at radius 3 is 2.52 bits per heavy atom. The highest BCUT2D eigenvalue weighted by Gasteiger charge is 2.35. The second-order valence-electron chi connectivity index (χ2n) is 5.71. The van der Waals surface area contributed by atoms with Gasteiger partial charge in [-0.05, 0) is 18.6 Å². The summed E-state index contributed by atoms with van der Waals surface area (Å²) in [6, 6.07) is 9.13. The molecule has 4 nitrogen and oxygen atoms in total. The fourth-order valence-corrected chi connectivity index (χ4v) is 4.30. The molecule has 0 bridgehead atoms. The van der Waals surface area contributed by atoms with Gasteiger partial charge in [-0.15, -0.1) is 0 Å². The normalized spacial score (nSPS) is 15.7. The molecule has 0 amide bonds. The predicted octanol–water partition coefficient (Wildman–Crippen LogP) is 4.27. The van der Waals surface area contributed by atoms with Crippen LogP contribution in [0.4, 0.5) is 8.78 Å². The van der Waals surface area contributed by atoms with E-state index in [1.54, 1.807) is 37.3 Å². The van der Waals surface area contributed by atoms with E-state index in [-0.39, 0.29) is 26.9 Å². The number of aromatic carboxylic acids is 1. The highest BCUT2D eigenvalue weighted by molar-refractivity contribution is 8.00. The van der Waals surface area contributed by atoms with Crippen molar-refractivity contribution in [3.05, 3.63) is 63.8 Å². The summed E-state index contributed by atoms with van der Waals surface area (Å²) in [5.74, 6) is -3.16. The summed E-state index contributed by atoms with van der Waals surface area (Å²) in [6.07, 6.45) is 0. The maximum atomic E-state index is 15.2. The number of fused-ring (bicyclic) bond motifs is 3. The van der Waals surface area contributed by atoms with Crippen molar-refractivity contribution in [3.63, 3.8) is 0 Å². The van der Waals surface area contributed by atoms with Gasteiger partial charge in [0.2, 0.25) is 5.43 Å². The van der Waals surface area contributed by atoms with E-state index in [0.29, 0.717) is 5.56 Å². The Kier molecular flexibility index (Phi) is 3.43. The molecule has 1 aliphatic heterocycles. The van der Waals surface area contributed by atoms with Gasteiger partial charge in [0, 0.05) is 0 Å². The SMILES string of the molecule is CC1Sc2c(C(=O)O)c(=O)c3cc(F)c(-c4ccccc4)c(F)c3n21. The minimum Gasteiger partial charge on any atom is -0.477 e. The third-order valence-corrected chi connectivity index (χ3v) is 5.44. The van der Waals surface area contributed by atoms with Crippen molar-refractivity contribution < 1.29 is 18.7 Å². The lowest BCUT2D eigenvalue weighted by Crippen LogP contribution is -2.29. The number of halogens is 2. The zero-order valence-electron chi connectivity index (χ0n) is 12.9. The van der Waals surface area contributed by atoms with Crippen LogP contribution in [0.15, 0.2) is 46.2 Å². The number of benzene rings is 2. The number of aromatic nitrogens is 1. The molecule has 0 radical (unpaired) electrons. The molecule has 0 spiro atoms. The Hall–Kier alpha value is -2.67. The van der Waals surface area contributed by atoms with Crippen LogP contribution in [0.3, 0.4) is 0 Å². The molecule has 25 heavy (non-hydrogen) atoms. The quantitative estimate of drug-likeness (QED) is 0.742. The predicted molar refractivity (Wildman–Crippen MR) is 91.1 cm³/mol. The summed E-state index contributed by atoms with van der Waals surface area (Å²) >= 11 is 1.17. The highest BCUT2D eigenvalue weighted by Crippen LogP contribution is 2.47. The van der Waals surface area contributed by atoms with Gasteiger partial charge in [0.05, 0.1) is 26.9 Å². The topological polar surface area (TPSA) is 59.3 Å². The average Bonchev–Trinajstić information content (AvgIpc) is 2.56. The van der Waals surface area contributed by atoms with Crippen LogP contribution in [0.5, 0.6) is 0 Å². The van der Waals surface area contributed by atoms with Crippen molar-refractivity contribution in [2.24, 2.45) is 0 Å². The number of pyridine rings is 1. The van der Waals surface area contributed by atoms with E-state index in [4.69, 9.17) is 0 Å². The van der Waals surface area contributed by atoms with Gasteiger partial charge >= 0.3 is 5.97 Å². The number of carboxylic acid groups (broad SMARTS) is 1. The van der Waals surface area contributed by atoms with Gasteiger partial charge in [-0.25, -0.2) is 13.6 Å². The Morgan fingerprint density at radius 2 is 1.92 bits per heavy atom. The summed E-state index contributed by atoms with van der Waals surface area (Å²) in [5, 5.41) is 8.99. The zero-order valence-corrected chi connectivity index (χ0v) is 13.7. The summed E-state index contributed by atoms with van der Waals surface area (Å²) in [7, 11) is 0. The molecule has 0 saturated heterocycles. The van der Waals surface area contributed by atoms with Crippen molar-refractivity contribution >= 4 is 28.6 Å². The molecule has 1 aromatic heterocycles. The van der Waals surface area contributed by atoms with Gasteiger partial charge in [0.25, 0.3) is 0 Å². The van der Waals surface area contributed by atoms with Crippen LogP contribution in [-0.2, 0) is 0 Å². The molecule has 1 atom stereocenters. The molecule has 4 rings (SSSR count). The Labute approximate surface area is 144 Å². The van der Waals surface area contributed by atoms with E-state index >= 15 is 4.39 Å². The molecular formula is C18H11F2NO3S. The third-order valence-electron chi connectivity index (χ3n) is 4.26. The first kappa shape index (κ1) is 15.8. The van der Waals surface area contributed by atoms with Crippen LogP contribution in [0.1, 0.15) is 22.7 Å². The molecule has 2 aromatic carbocycles. The monoisotopic (exact) mass is 359 g/mol. The molecule has 0 fully saturated rings. The number of thioether (sulfide) groups is 1. The average molecular weight is 359 g/mol. The van der Waals surface area contributed by atoms with Gasteiger partial charge in [-0.2, -0.15) is 0 Å². The number of hydrogen-bond donors (Lipinski definition) is 1. The smallest absolute Gasteiger partial charge is 0.342 e. The summed E-state index contributed by atoms with van der Waals surface area (Å²) in [6.45, 7) is 1.76. The molecular weight excluding hydrogens is 348 g/mol. The van der Waals surface area contributed by atoms with E-state index < -0.39 is 28.6 Å². The summed E-state index contributed by atoms with van der Waals surface area (Å²) in [4.78, 5) is 23.9. The first-order valence-corrected chi connectivity index (χ1v) is 8.35. The Morgan fingerprint density at radius 1 is 1.24 bits per heavy atom. The number of carbonyl (C=O) groups is 1. The largest absolute Gasteiger partial charge is 0.477 e. The van der Waals surface area contributed by atoms with Crippen LogP contribution in [0.25, 0.3) is 22.0 Å². The standard InChI is InChI=1S/C18H11F2NO3S/c1-8-21-15-10(16(22)13(18(23)24)17(21)25-8)7-11(19)12(14(15)20)9-5-3-2-4-6-9/h2-8H,1H3,(H,23,24). The third kappa shape index (κ3) is 2.12. The number of hydrogen-bond acceptors (Lipinski definition) is 3. The van der Waals surface area contributed by atoms with E-state index in [1.807, 2.05) is 0 Å². The fraction of sp³-hybridized carbons (Fsp3) is 0.111. The first-order valence-electron chi connectivity index (χ1n) is 7.47. The van der Waals surface area contributed by atoms with E-state index in [1.165, 1.54) is 16.3 Å². The summed E-state index contributed by atoms with van der Waals surface area (Å²) < 4.78 is 31.3. The van der Waals surface area contributed by atoms with Crippen molar-refractivity contribution in [1.82, 2.24) is 4.57 Å². The maximum absolute atomic E-state index is 15.2. The van der Waals surface area contributed by atoms with Crippen LogP contribution in [0.2, 0.25) is 0 Å². The lowest BCUT2D eigenvalue weighted by Gasteiger charge is -2.33. The lowest BCUT2D eigenvalue weighted by molar-refractivity contribution is 0.0689. The molecule has 0 saturated carbocycles. The molecule has 3 aromatic rings. The van der Waals surface area contributed by atoms with Gasteiger partial charge in [-0.1, -0.05) is 42.1 Å². The second-order valence-corrected chi connectivity index (χ2v) is 7.02. The van der Waals surface area contributed by atoms with Gasteiger partial charge in [0.15, 0.2) is 5.82 Å². The second kappa shape index (κ2) is 5.42. The molecule has 1 unspecified atom stereocenters. The minimum atomic E-state index is -1.40. The Bertz CT molecular complexity index is 1110. The molecule has 126 valence electrons. The highest BCUT2D eigenvalue weighted by atomic mass is 32.2. The van der Waals surface area contributed by atoms with E-state index in [0.717, 1.165) is 6.07 Å². The molecule has 1 N–H and O–H groups in total. The lowest BCUT2D eigenvalue weighted by atomic mass is 10.0. The van der Waals surface area contributed by atoms with Crippen molar-refractivity contribution in [2.45, 2.75) is 17.3 Å². The van der Waals surface area contributed by atoms with E-state index in [9.17, 15) is 19.1 Å². The van der Waals surface area contributed by atoms with Crippen molar-refractivity contribution in [3.8, 4) is 11.1 Å². The molecule has 1 aliphatic rings. The first-order chi connectivity index (χ1) is 11.9. The molecule has 7 heteroatoms. The van der Waals surface area contributed by atoms with E-state index in [2.05, 4.69) is 0 Å². The van der Waals surface area contributed by atoms with Crippen LogP contribution in [-0.4, -0.2) is 15.6 Å². The van der Waals surface area contributed by atoms with Gasteiger partial charge < -0.3 is 9.67 Å². The van der Waals surface area contributed by atoms with Crippen LogP contribution in [0, 0.1) is 11.6 Å². The minimum absolute atomic E-state index is 0.0588. The zero-order chi connectivity index (χ0) is 17.9. The van der Waals surface area contributed by atoms with Gasteiger partial charge in [-0.3, -0.25) is 4.79 Å². The number of carboxylic acids is 1. The fourth-order valence-electron chi connectivity index (χ4n) is 3.16. The van der Waals surface area contributed by atoms with Crippen LogP contribution >= 0.6 is 11.8 Å². The maximum Gasteiger partial charge on any atom is 0.342 e. The number of nitrogens with zero attached hydrogens (tertiary/aromatic N) is 1. The van der Waals surface area contributed by atoms with Gasteiger partial charge in [0.1, 0.15) is 11.4 Å². The molecule has 0 aliphatic carbocycles. The summed E-state index contributed by atoms with van der Waals surface area (Å²) in [5.41, 5.74) is -1.25. The van der Waals surface area contributed by atoms with Crippen LogP contribution < -0.4 is 5.43 Å². The van der Waals surface area contributed by atoms with Crippen molar-refractivity contribution in [1.29, 1.82) is 0 Å². The van der Waals surface area contributed by atoms with Crippen molar-refractivity contribution in [2.75, 3.05) is 0 Å². The number of rotatable bonds is 2. The Balaban J connectivity index is 2.18.